The number of rotatable bonds is 43. The average molecular weight is 921 g/mol. The fourth-order valence-electron chi connectivity index (χ4n) is 7.99. The number of carbonyl (C=O) groups is 2. The zero-order valence-corrected chi connectivity index (χ0v) is 40.5. The van der Waals surface area contributed by atoms with Gasteiger partial charge in [0.2, 0.25) is 0 Å². The Balaban J connectivity index is 2.36. The number of phosphoric acid groups is 1. The largest absolute Gasteiger partial charge is 0.472 e. The Morgan fingerprint density at radius 3 is 1.22 bits per heavy atom. The molecule has 0 radical (unpaired) electrons. The van der Waals surface area contributed by atoms with Crippen molar-refractivity contribution in [1.82, 2.24) is 0 Å². The average Bonchev–Trinajstić information content (AvgIpc) is 3.26. The molecule has 63 heavy (non-hydrogen) atoms. The zero-order chi connectivity index (χ0) is 46.4. The van der Waals surface area contributed by atoms with Crippen LogP contribution in [0.1, 0.15) is 232 Å². The molecular formula is C49H93O13P. The van der Waals surface area contributed by atoms with Gasteiger partial charge in [0.1, 0.15) is 43.2 Å². The van der Waals surface area contributed by atoms with E-state index in [1.54, 1.807) is 0 Å². The van der Waals surface area contributed by atoms with Gasteiger partial charge < -0.3 is 39.9 Å². The molecule has 0 heterocycles. The number of carbonyl (C=O) groups excluding carboxylic acids is 2. The summed E-state index contributed by atoms with van der Waals surface area (Å²) in [6, 6.07) is 0. The number of aliphatic hydroxyl groups excluding tert-OH is 5. The van der Waals surface area contributed by atoms with Gasteiger partial charge in [-0.05, 0) is 38.5 Å². The maximum Gasteiger partial charge on any atom is 0.472 e. The van der Waals surface area contributed by atoms with Gasteiger partial charge in [0, 0.05) is 12.8 Å². The highest BCUT2D eigenvalue weighted by atomic mass is 31.2. The van der Waals surface area contributed by atoms with Crippen LogP contribution in [0.5, 0.6) is 0 Å². The summed E-state index contributed by atoms with van der Waals surface area (Å²) in [6.07, 6.45) is 29.8. The summed E-state index contributed by atoms with van der Waals surface area (Å²) in [7, 11) is -5.12. The van der Waals surface area contributed by atoms with Crippen molar-refractivity contribution in [2.45, 2.75) is 275 Å². The molecule has 0 saturated heterocycles. The smallest absolute Gasteiger partial charge is 0.462 e. The van der Waals surface area contributed by atoms with Crippen LogP contribution in [0.3, 0.4) is 0 Å². The lowest BCUT2D eigenvalue weighted by Gasteiger charge is -2.41. The number of ether oxygens (including phenoxy) is 2. The number of allylic oxidation sites excluding steroid dienone is 2. The Labute approximate surface area is 382 Å². The van der Waals surface area contributed by atoms with Crippen LogP contribution < -0.4 is 0 Å². The van der Waals surface area contributed by atoms with Crippen LogP contribution >= 0.6 is 7.82 Å². The first kappa shape index (κ1) is 59.6. The Morgan fingerprint density at radius 2 is 0.810 bits per heavy atom. The fourth-order valence-corrected chi connectivity index (χ4v) is 8.96. The summed E-state index contributed by atoms with van der Waals surface area (Å²) in [6.45, 7) is 3.31. The van der Waals surface area contributed by atoms with Crippen LogP contribution in [-0.2, 0) is 32.7 Å². The molecule has 14 heteroatoms. The molecule has 1 rings (SSSR count). The first-order chi connectivity index (χ1) is 30.4. The molecular weight excluding hydrogens is 828 g/mol. The van der Waals surface area contributed by atoms with Crippen molar-refractivity contribution in [3.8, 4) is 0 Å². The Kier molecular flexibility index (Phi) is 37.6. The third-order valence-corrected chi connectivity index (χ3v) is 13.1. The van der Waals surface area contributed by atoms with Crippen LogP contribution in [0, 0.1) is 0 Å². The van der Waals surface area contributed by atoms with Crippen LogP contribution in [0.25, 0.3) is 0 Å². The van der Waals surface area contributed by atoms with E-state index < -0.39 is 75.7 Å². The van der Waals surface area contributed by atoms with Crippen molar-refractivity contribution in [1.29, 1.82) is 0 Å². The van der Waals surface area contributed by atoms with Gasteiger partial charge in [0.15, 0.2) is 6.10 Å². The molecule has 0 aromatic rings. The predicted molar refractivity (Wildman–Crippen MR) is 249 cm³/mol. The van der Waals surface area contributed by atoms with Gasteiger partial charge in [-0.15, -0.1) is 0 Å². The van der Waals surface area contributed by atoms with Gasteiger partial charge in [-0.25, -0.2) is 4.57 Å². The molecule has 13 nitrogen and oxygen atoms in total. The standard InChI is InChI=1S/C49H93O13P/c1-3-5-7-9-11-13-15-17-18-19-20-21-22-23-24-26-27-29-31-33-35-37-42(50)59-39-41(40-60-63(57,58)62-49-47(55)45(53)44(52)46(54)48(49)56)61-43(51)38-36-34-32-30-28-25-16-14-12-10-8-6-4-2/h14,16,41,44-49,52-56H,3-13,15,17-40H2,1-2H3,(H,57,58)/b16-14-. The molecule has 0 bridgehead atoms. The van der Waals surface area contributed by atoms with E-state index in [4.69, 9.17) is 18.5 Å². The molecule has 1 aliphatic carbocycles. The minimum atomic E-state index is -5.12. The van der Waals surface area contributed by atoms with E-state index in [1.807, 2.05) is 0 Å². The zero-order valence-electron chi connectivity index (χ0n) is 39.6. The van der Waals surface area contributed by atoms with Crippen LogP contribution in [0.15, 0.2) is 12.2 Å². The highest BCUT2D eigenvalue weighted by Crippen LogP contribution is 2.47. The van der Waals surface area contributed by atoms with Crippen molar-refractivity contribution < 1.29 is 63.1 Å². The van der Waals surface area contributed by atoms with E-state index in [0.29, 0.717) is 12.8 Å². The first-order valence-corrected chi connectivity index (χ1v) is 27.0. The number of unbranched alkanes of at least 4 members (excludes halogenated alkanes) is 29. The van der Waals surface area contributed by atoms with Crippen molar-refractivity contribution in [3.05, 3.63) is 12.2 Å². The van der Waals surface area contributed by atoms with E-state index in [0.717, 1.165) is 57.8 Å². The van der Waals surface area contributed by atoms with E-state index in [9.17, 15) is 44.6 Å². The summed E-state index contributed by atoms with van der Waals surface area (Å²) in [5.41, 5.74) is 0. The summed E-state index contributed by atoms with van der Waals surface area (Å²) < 4.78 is 33.6. The molecule has 1 aliphatic rings. The molecule has 6 N–H and O–H groups in total. The monoisotopic (exact) mass is 921 g/mol. The summed E-state index contributed by atoms with van der Waals surface area (Å²) in [4.78, 5) is 35.8. The fraction of sp³-hybridized carbons (Fsp3) is 0.918. The molecule has 1 fully saturated rings. The Bertz CT molecular complexity index is 1160. The molecule has 6 atom stereocenters. The predicted octanol–water partition coefficient (Wildman–Crippen LogP) is 10.6. The van der Waals surface area contributed by atoms with Crippen molar-refractivity contribution >= 4 is 19.8 Å². The van der Waals surface area contributed by atoms with E-state index >= 15 is 0 Å². The Hall–Kier alpha value is -1.41. The first-order valence-electron chi connectivity index (χ1n) is 25.5. The van der Waals surface area contributed by atoms with Crippen molar-refractivity contribution in [2.24, 2.45) is 0 Å². The quantitative estimate of drug-likeness (QED) is 0.0146. The van der Waals surface area contributed by atoms with Crippen LogP contribution in [-0.4, -0.2) is 98.3 Å². The second kappa shape index (κ2) is 39.7. The second-order valence-corrected chi connectivity index (χ2v) is 19.4. The lowest BCUT2D eigenvalue weighted by Crippen LogP contribution is -2.64. The highest BCUT2D eigenvalue weighted by Gasteiger charge is 2.51. The SMILES string of the molecule is CCCCCC/C=C\CCCCCCCC(=O)OC(COC(=O)CCCCCCCCCCCCCCCCCCCCCCC)COP(=O)(O)OC1C(O)C(O)C(O)C(O)C1O. The molecule has 1 saturated carbocycles. The molecule has 6 unspecified atom stereocenters. The highest BCUT2D eigenvalue weighted by molar-refractivity contribution is 7.47. The van der Waals surface area contributed by atoms with Gasteiger partial charge in [-0.1, -0.05) is 193 Å². The number of esters is 2. The summed E-state index contributed by atoms with van der Waals surface area (Å²) in [5, 5.41) is 50.2. The third-order valence-electron chi connectivity index (χ3n) is 12.1. The maximum absolute atomic E-state index is 12.8. The van der Waals surface area contributed by atoms with Gasteiger partial charge >= 0.3 is 19.8 Å². The lowest BCUT2D eigenvalue weighted by atomic mass is 9.85. The van der Waals surface area contributed by atoms with Gasteiger partial charge in [0.05, 0.1) is 6.61 Å². The number of hydrogen-bond donors (Lipinski definition) is 6. The minimum Gasteiger partial charge on any atom is -0.462 e. The van der Waals surface area contributed by atoms with E-state index in [-0.39, 0.29) is 12.8 Å². The summed E-state index contributed by atoms with van der Waals surface area (Å²) in [5.74, 6) is -1.10. The van der Waals surface area contributed by atoms with Gasteiger partial charge in [0.25, 0.3) is 0 Å². The van der Waals surface area contributed by atoms with Crippen LogP contribution in [0.4, 0.5) is 0 Å². The van der Waals surface area contributed by atoms with E-state index in [2.05, 4.69) is 26.0 Å². The molecule has 372 valence electrons. The van der Waals surface area contributed by atoms with E-state index in [1.165, 1.54) is 135 Å². The number of phosphoric ester groups is 1. The van der Waals surface area contributed by atoms with Gasteiger partial charge in [-0.2, -0.15) is 0 Å². The maximum atomic E-state index is 12.8. The second-order valence-electron chi connectivity index (χ2n) is 18.0. The lowest BCUT2D eigenvalue weighted by molar-refractivity contribution is -0.220. The van der Waals surface area contributed by atoms with Crippen LogP contribution in [0.2, 0.25) is 0 Å². The molecule has 0 spiro atoms. The normalized spacial score (nSPS) is 21.7. The molecule has 0 amide bonds. The number of aliphatic hydroxyl groups is 5. The molecule has 0 aliphatic heterocycles. The third kappa shape index (κ3) is 32.0. The number of hydrogen-bond acceptors (Lipinski definition) is 12. The van der Waals surface area contributed by atoms with Crippen molar-refractivity contribution in [2.75, 3.05) is 13.2 Å². The Morgan fingerprint density at radius 1 is 0.476 bits per heavy atom. The topological polar surface area (TPSA) is 210 Å². The minimum absolute atomic E-state index is 0.0907. The molecule has 0 aromatic heterocycles. The summed E-state index contributed by atoms with van der Waals surface area (Å²) >= 11 is 0. The molecule has 0 aromatic carbocycles. The van der Waals surface area contributed by atoms with Gasteiger partial charge in [-0.3, -0.25) is 18.6 Å². The van der Waals surface area contributed by atoms with Crippen molar-refractivity contribution in [3.63, 3.8) is 0 Å².